The quantitative estimate of drug-likeness (QED) is 0.283. The second-order valence-electron chi connectivity index (χ2n) is 5.01. The molecule has 0 atom stereocenters. The normalized spacial score (nSPS) is 10.2. The molecule has 0 spiro atoms. The molecule has 0 amide bonds. The Morgan fingerprint density at radius 2 is 1.58 bits per heavy atom. The van der Waals surface area contributed by atoms with Crippen molar-refractivity contribution < 1.29 is 0 Å². The van der Waals surface area contributed by atoms with E-state index in [-0.39, 0.29) is 0 Å². The van der Waals surface area contributed by atoms with Crippen molar-refractivity contribution in [2.75, 3.05) is 26.2 Å². The van der Waals surface area contributed by atoms with Crippen LogP contribution in [0.4, 0.5) is 0 Å². The lowest BCUT2D eigenvalue weighted by atomic mass is 10.1. The average Bonchev–Trinajstić information content (AvgIpc) is 2.41. The molecule has 2 N–H and O–H groups in total. The van der Waals surface area contributed by atoms with E-state index in [1.54, 1.807) is 0 Å². The van der Waals surface area contributed by atoms with Crippen LogP contribution in [0.25, 0.3) is 0 Å². The van der Waals surface area contributed by atoms with Crippen LogP contribution in [0.2, 0.25) is 0 Å². The first-order chi connectivity index (χ1) is 9.31. The minimum Gasteiger partial charge on any atom is -0.317 e. The summed E-state index contributed by atoms with van der Waals surface area (Å²) < 4.78 is 0. The molecule has 0 radical (unpaired) electrons. The van der Waals surface area contributed by atoms with Crippen LogP contribution in [0.5, 0.6) is 0 Å². The molecular weight excluding hydrogens is 232 g/mol. The number of hydrogen-bond donors (Lipinski definition) is 2. The van der Waals surface area contributed by atoms with Crippen LogP contribution in [-0.2, 0) is 0 Å². The molecule has 2 heteroatoms. The van der Waals surface area contributed by atoms with Gasteiger partial charge in [0.1, 0.15) is 0 Å². The lowest BCUT2D eigenvalue weighted by Gasteiger charge is -2.07. The summed E-state index contributed by atoms with van der Waals surface area (Å²) >= 11 is 0. The molecule has 0 bridgehead atoms. The molecule has 0 aromatic rings. The third-order valence-electron chi connectivity index (χ3n) is 3.04. The number of nitrogens with one attached hydrogen (secondary N) is 2. The SMILES string of the molecule is C=C=CCCCNCCCC(=C)CCCNCCC. The smallest absolute Gasteiger partial charge is 0.00457 e. The van der Waals surface area contributed by atoms with E-state index in [1.807, 2.05) is 6.08 Å². The third-order valence-corrected chi connectivity index (χ3v) is 3.04. The highest BCUT2D eigenvalue weighted by Crippen LogP contribution is 2.08. The van der Waals surface area contributed by atoms with Crippen molar-refractivity contribution in [1.82, 2.24) is 10.6 Å². The van der Waals surface area contributed by atoms with Gasteiger partial charge in [-0.2, -0.15) is 0 Å². The Morgan fingerprint density at radius 1 is 1.00 bits per heavy atom. The summed E-state index contributed by atoms with van der Waals surface area (Å²) in [5.41, 5.74) is 4.20. The number of allylic oxidation sites excluding steroid dienone is 2. The molecule has 0 unspecified atom stereocenters. The molecule has 0 aliphatic rings. The summed E-state index contributed by atoms with van der Waals surface area (Å²) in [5.74, 6) is 0. The van der Waals surface area contributed by atoms with Crippen molar-refractivity contribution in [1.29, 1.82) is 0 Å². The zero-order valence-corrected chi connectivity index (χ0v) is 12.8. The monoisotopic (exact) mass is 264 g/mol. The van der Waals surface area contributed by atoms with Gasteiger partial charge < -0.3 is 10.6 Å². The molecule has 0 rings (SSSR count). The Bertz CT molecular complexity index is 252. The Hall–Kier alpha value is -0.820. The van der Waals surface area contributed by atoms with Crippen molar-refractivity contribution in [3.63, 3.8) is 0 Å². The first-order valence-corrected chi connectivity index (χ1v) is 7.73. The molecule has 0 fully saturated rings. The highest BCUT2D eigenvalue weighted by Gasteiger charge is 1.95. The predicted molar refractivity (Wildman–Crippen MR) is 86.6 cm³/mol. The van der Waals surface area contributed by atoms with Crippen LogP contribution in [0.1, 0.15) is 51.9 Å². The van der Waals surface area contributed by atoms with Gasteiger partial charge in [-0.3, -0.25) is 0 Å². The van der Waals surface area contributed by atoms with Gasteiger partial charge in [0.05, 0.1) is 0 Å². The summed E-state index contributed by atoms with van der Waals surface area (Å²) in [7, 11) is 0. The summed E-state index contributed by atoms with van der Waals surface area (Å²) in [4.78, 5) is 0. The largest absolute Gasteiger partial charge is 0.317 e. The third kappa shape index (κ3) is 15.1. The maximum absolute atomic E-state index is 4.16. The zero-order chi connectivity index (χ0) is 14.2. The van der Waals surface area contributed by atoms with E-state index in [0.29, 0.717) is 0 Å². The van der Waals surface area contributed by atoms with Crippen LogP contribution < -0.4 is 10.6 Å². The maximum atomic E-state index is 4.16. The highest BCUT2D eigenvalue weighted by molar-refractivity contribution is 4.93. The van der Waals surface area contributed by atoms with E-state index in [4.69, 9.17) is 0 Å². The molecule has 0 aliphatic carbocycles. The fourth-order valence-corrected chi connectivity index (χ4v) is 1.91. The first-order valence-electron chi connectivity index (χ1n) is 7.73. The van der Waals surface area contributed by atoms with Crippen LogP contribution in [0.3, 0.4) is 0 Å². The fraction of sp³-hybridized carbons (Fsp3) is 0.706. The van der Waals surface area contributed by atoms with Gasteiger partial charge in [0.2, 0.25) is 0 Å². The zero-order valence-electron chi connectivity index (χ0n) is 12.8. The minimum absolute atomic E-state index is 1.08. The van der Waals surface area contributed by atoms with Gasteiger partial charge >= 0.3 is 0 Å². The van der Waals surface area contributed by atoms with Crippen LogP contribution in [0, 0.1) is 0 Å². The van der Waals surface area contributed by atoms with Gasteiger partial charge in [0.25, 0.3) is 0 Å². The Morgan fingerprint density at radius 3 is 2.16 bits per heavy atom. The van der Waals surface area contributed by atoms with Gasteiger partial charge in [-0.1, -0.05) is 25.7 Å². The molecule has 0 heterocycles. The Labute approximate surface area is 120 Å². The summed E-state index contributed by atoms with van der Waals surface area (Å²) in [6, 6.07) is 0. The summed E-state index contributed by atoms with van der Waals surface area (Å²) in [5, 5.41) is 6.89. The molecular formula is C17H32N2. The lowest BCUT2D eigenvalue weighted by Crippen LogP contribution is -2.17. The van der Waals surface area contributed by atoms with Crippen molar-refractivity contribution in [3.8, 4) is 0 Å². The van der Waals surface area contributed by atoms with Gasteiger partial charge in [0.15, 0.2) is 0 Å². The van der Waals surface area contributed by atoms with E-state index >= 15 is 0 Å². The van der Waals surface area contributed by atoms with Gasteiger partial charge in [-0.25, -0.2) is 0 Å². The summed E-state index contributed by atoms with van der Waals surface area (Å²) in [6.07, 6.45) is 10.2. The van der Waals surface area contributed by atoms with Crippen LogP contribution in [-0.4, -0.2) is 26.2 Å². The minimum atomic E-state index is 1.08. The van der Waals surface area contributed by atoms with Crippen molar-refractivity contribution >= 4 is 0 Å². The molecule has 0 aliphatic heterocycles. The van der Waals surface area contributed by atoms with E-state index < -0.39 is 0 Å². The molecule has 0 saturated heterocycles. The maximum Gasteiger partial charge on any atom is -0.00457 e. The predicted octanol–water partition coefficient (Wildman–Crippen LogP) is 3.81. The molecule has 19 heavy (non-hydrogen) atoms. The topological polar surface area (TPSA) is 24.1 Å². The number of unbranched alkanes of at least 4 members (excludes halogenated alkanes) is 1. The molecule has 0 aromatic carbocycles. The van der Waals surface area contributed by atoms with E-state index in [0.717, 1.165) is 39.0 Å². The van der Waals surface area contributed by atoms with Crippen molar-refractivity contribution in [2.45, 2.75) is 51.9 Å². The van der Waals surface area contributed by atoms with Crippen molar-refractivity contribution in [3.05, 3.63) is 30.5 Å². The Kier molecular flexibility index (Phi) is 14.6. The lowest BCUT2D eigenvalue weighted by molar-refractivity contribution is 0.606. The second-order valence-corrected chi connectivity index (χ2v) is 5.01. The number of rotatable bonds is 14. The van der Waals surface area contributed by atoms with Gasteiger partial charge in [-0.15, -0.1) is 5.73 Å². The van der Waals surface area contributed by atoms with Crippen LogP contribution >= 0.6 is 0 Å². The van der Waals surface area contributed by atoms with Gasteiger partial charge in [-0.05, 0) is 77.2 Å². The van der Waals surface area contributed by atoms with E-state index in [1.165, 1.54) is 37.7 Å². The van der Waals surface area contributed by atoms with E-state index in [9.17, 15) is 0 Å². The van der Waals surface area contributed by atoms with Crippen molar-refractivity contribution in [2.24, 2.45) is 0 Å². The molecule has 0 saturated carbocycles. The molecule has 0 aromatic heterocycles. The van der Waals surface area contributed by atoms with E-state index in [2.05, 4.69) is 36.4 Å². The fourth-order valence-electron chi connectivity index (χ4n) is 1.91. The Balaban J connectivity index is 3.18. The molecule has 110 valence electrons. The van der Waals surface area contributed by atoms with Crippen LogP contribution in [0.15, 0.2) is 30.5 Å². The standard InChI is InChI=1S/C17H32N2/c1-4-6-7-8-14-19-16-10-12-17(3)11-9-15-18-13-5-2/h6,18-19H,1,3,5,7-16H2,2H3. The average molecular weight is 264 g/mol. The molecule has 2 nitrogen and oxygen atoms in total. The van der Waals surface area contributed by atoms with Gasteiger partial charge in [0, 0.05) is 0 Å². The summed E-state index contributed by atoms with van der Waals surface area (Å²) in [6.45, 7) is 14.4. The number of hydrogen-bond acceptors (Lipinski definition) is 2. The highest BCUT2D eigenvalue weighted by atomic mass is 14.8. The first kappa shape index (κ1) is 18.2. The second kappa shape index (κ2) is 15.2.